The molecular weight excluding hydrogens is 146 g/mol. The number of alkyl carbamates (subject to hydrolysis) is 1. The third-order valence-corrected chi connectivity index (χ3v) is 1.52. The Morgan fingerprint density at radius 3 is 2.91 bits per heavy atom. The van der Waals surface area contributed by atoms with Gasteiger partial charge in [0, 0.05) is 0 Å². The molecule has 0 aromatic rings. The lowest BCUT2D eigenvalue weighted by atomic mass is 10.2. The Hall–Kier alpha value is -0.770. The van der Waals surface area contributed by atoms with Gasteiger partial charge in [0.25, 0.3) is 0 Å². The van der Waals surface area contributed by atoms with E-state index in [9.17, 15) is 4.79 Å². The van der Waals surface area contributed by atoms with E-state index in [-0.39, 0.29) is 11.7 Å². The molecule has 0 radical (unpaired) electrons. The second kappa shape index (κ2) is 3.09. The van der Waals surface area contributed by atoms with E-state index in [0.717, 1.165) is 6.61 Å². The highest BCUT2D eigenvalue weighted by molar-refractivity contribution is 5.67. The molecule has 0 aliphatic carbocycles. The summed E-state index contributed by atoms with van der Waals surface area (Å²) in [5.74, 6) is 0. The van der Waals surface area contributed by atoms with Gasteiger partial charge in [0.2, 0.25) is 0 Å². The van der Waals surface area contributed by atoms with Crippen molar-refractivity contribution < 1.29 is 14.3 Å². The summed E-state index contributed by atoms with van der Waals surface area (Å²) >= 11 is 0. The quantitative estimate of drug-likeness (QED) is 0.611. The lowest BCUT2D eigenvalue weighted by Crippen LogP contribution is -2.32. The lowest BCUT2D eigenvalue weighted by molar-refractivity contribution is 0.149. The van der Waals surface area contributed by atoms with Crippen molar-refractivity contribution in [1.29, 1.82) is 0 Å². The van der Waals surface area contributed by atoms with Crippen LogP contribution in [0.4, 0.5) is 4.79 Å². The average molecular weight is 159 g/mol. The molecule has 1 rings (SSSR count). The van der Waals surface area contributed by atoms with Crippen molar-refractivity contribution in [3.05, 3.63) is 0 Å². The zero-order valence-electron chi connectivity index (χ0n) is 6.85. The summed E-state index contributed by atoms with van der Waals surface area (Å²) in [6, 6.07) is 0. The van der Waals surface area contributed by atoms with Gasteiger partial charge in [0.05, 0.1) is 19.8 Å². The maximum absolute atomic E-state index is 10.7. The molecule has 1 unspecified atom stereocenters. The Balaban J connectivity index is 2.06. The maximum atomic E-state index is 10.7. The molecule has 4 nitrogen and oxygen atoms in total. The maximum Gasteiger partial charge on any atom is 0.407 e. The number of hydrogen-bond acceptors (Lipinski definition) is 3. The molecule has 0 bridgehead atoms. The molecule has 11 heavy (non-hydrogen) atoms. The van der Waals surface area contributed by atoms with Gasteiger partial charge in [-0.25, -0.2) is 4.79 Å². The predicted molar refractivity (Wildman–Crippen MR) is 39.4 cm³/mol. The van der Waals surface area contributed by atoms with Crippen LogP contribution in [0.3, 0.4) is 0 Å². The summed E-state index contributed by atoms with van der Waals surface area (Å²) in [6.45, 7) is 5.38. The van der Waals surface area contributed by atoms with Gasteiger partial charge in [-0.1, -0.05) is 0 Å². The Labute approximate surface area is 65.9 Å². The lowest BCUT2D eigenvalue weighted by Gasteiger charge is -2.06. The molecule has 0 saturated carbocycles. The van der Waals surface area contributed by atoms with Crippen molar-refractivity contribution in [2.45, 2.75) is 19.4 Å². The summed E-state index contributed by atoms with van der Waals surface area (Å²) in [6.07, 6.45) is -0.371. The Morgan fingerprint density at radius 1 is 1.82 bits per heavy atom. The first-order valence-corrected chi connectivity index (χ1v) is 3.71. The van der Waals surface area contributed by atoms with Gasteiger partial charge in [0.1, 0.15) is 5.60 Å². The van der Waals surface area contributed by atoms with E-state index in [2.05, 4.69) is 10.1 Å². The SMILES string of the molecule is CCOC(=O)NCC1(C)CO1. The topological polar surface area (TPSA) is 50.9 Å². The number of nitrogens with one attached hydrogen (secondary N) is 1. The summed E-state index contributed by atoms with van der Waals surface area (Å²) in [4.78, 5) is 10.7. The van der Waals surface area contributed by atoms with Crippen LogP contribution >= 0.6 is 0 Å². The van der Waals surface area contributed by atoms with Crippen molar-refractivity contribution in [2.75, 3.05) is 19.8 Å². The summed E-state index contributed by atoms with van der Waals surface area (Å²) in [7, 11) is 0. The Morgan fingerprint density at radius 2 is 2.45 bits per heavy atom. The molecule has 1 fully saturated rings. The van der Waals surface area contributed by atoms with Crippen LogP contribution in [0, 0.1) is 0 Å². The van der Waals surface area contributed by atoms with E-state index >= 15 is 0 Å². The number of carbonyl (C=O) groups is 1. The van der Waals surface area contributed by atoms with Crippen molar-refractivity contribution in [3.63, 3.8) is 0 Å². The standard InChI is InChI=1S/C7H13NO3/c1-3-10-6(9)8-4-7(2)5-11-7/h3-5H2,1-2H3,(H,8,9). The van der Waals surface area contributed by atoms with E-state index in [4.69, 9.17) is 4.74 Å². The Bertz CT molecular complexity index is 154. The van der Waals surface area contributed by atoms with Crippen LogP contribution in [0.1, 0.15) is 13.8 Å². The van der Waals surface area contributed by atoms with Crippen LogP contribution in [0.25, 0.3) is 0 Å². The highest BCUT2D eigenvalue weighted by Crippen LogP contribution is 2.24. The van der Waals surface area contributed by atoms with Crippen molar-refractivity contribution in [2.24, 2.45) is 0 Å². The molecule has 4 heteroatoms. The summed E-state index contributed by atoms with van der Waals surface area (Å²) < 4.78 is 9.71. The first-order chi connectivity index (χ1) is 5.16. The van der Waals surface area contributed by atoms with Gasteiger partial charge in [-0.15, -0.1) is 0 Å². The molecule has 1 N–H and O–H groups in total. The average Bonchev–Trinajstić information content (AvgIpc) is 2.66. The summed E-state index contributed by atoms with van der Waals surface area (Å²) in [5, 5.41) is 2.60. The number of ether oxygens (including phenoxy) is 2. The van der Waals surface area contributed by atoms with Gasteiger partial charge in [-0.05, 0) is 13.8 Å². The normalized spacial score (nSPS) is 27.8. The number of epoxide rings is 1. The van der Waals surface area contributed by atoms with E-state index in [1.165, 1.54) is 0 Å². The zero-order chi connectivity index (χ0) is 8.32. The van der Waals surface area contributed by atoms with Gasteiger partial charge in [-0.2, -0.15) is 0 Å². The molecule has 64 valence electrons. The highest BCUT2D eigenvalue weighted by Gasteiger charge is 2.39. The van der Waals surface area contributed by atoms with Crippen molar-refractivity contribution in [1.82, 2.24) is 5.32 Å². The van der Waals surface area contributed by atoms with Crippen LogP contribution in [-0.4, -0.2) is 31.5 Å². The van der Waals surface area contributed by atoms with Crippen LogP contribution in [0.5, 0.6) is 0 Å². The van der Waals surface area contributed by atoms with Crippen molar-refractivity contribution >= 4 is 6.09 Å². The molecule has 1 aliphatic heterocycles. The third kappa shape index (κ3) is 2.76. The molecule has 1 aliphatic rings. The number of rotatable bonds is 3. The first-order valence-electron chi connectivity index (χ1n) is 3.71. The smallest absolute Gasteiger partial charge is 0.407 e. The van der Waals surface area contributed by atoms with E-state index in [1.54, 1.807) is 6.92 Å². The van der Waals surface area contributed by atoms with Crippen molar-refractivity contribution in [3.8, 4) is 0 Å². The van der Waals surface area contributed by atoms with Crippen LogP contribution in [0.15, 0.2) is 0 Å². The number of carbonyl (C=O) groups excluding carboxylic acids is 1. The highest BCUT2D eigenvalue weighted by atomic mass is 16.6. The molecule has 0 aromatic heterocycles. The molecule has 1 saturated heterocycles. The fourth-order valence-corrected chi connectivity index (χ4v) is 0.667. The van der Waals surface area contributed by atoms with Crippen LogP contribution in [-0.2, 0) is 9.47 Å². The summed E-state index contributed by atoms with van der Waals surface area (Å²) in [5.41, 5.74) is -0.132. The van der Waals surface area contributed by atoms with E-state index in [1.807, 2.05) is 6.92 Å². The molecule has 1 heterocycles. The molecule has 0 aromatic carbocycles. The number of hydrogen-bond donors (Lipinski definition) is 1. The number of amides is 1. The van der Waals surface area contributed by atoms with E-state index < -0.39 is 0 Å². The predicted octanol–water partition coefficient (Wildman–Crippen LogP) is 0.521. The minimum atomic E-state index is -0.371. The second-order valence-electron chi connectivity index (χ2n) is 2.81. The van der Waals surface area contributed by atoms with Crippen LogP contribution < -0.4 is 5.32 Å². The van der Waals surface area contributed by atoms with Gasteiger partial charge in [-0.3, -0.25) is 0 Å². The van der Waals surface area contributed by atoms with E-state index in [0.29, 0.717) is 13.2 Å². The monoisotopic (exact) mass is 159 g/mol. The van der Waals surface area contributed by atoms with Gasteiger partial charge < -0.3 is 14.8 Å². The molecule has 0 spiro atoms. The molecule has 1 amide bonds. The first kappa shape index (κ1) is 8.33. The second-order valence-corrected chi connectivity index (χ2v) is 2.81. The third-order valence-electron chi connectivity index (χ3n) is 1.52. The van der Waals surface area contributed by atoms with Gasteiger partial charge in [0.15, 0.2) is 0 Å². The molecular formula is C7H13NO3. The Kier molecular flexibility index (Phi) is 2.34. The van der Waals surface area contributed by atoms with Crippen LogP contribution in [0.2, 0.25) is 0 Å². The minimum Gasteiger partial charge on any atom is -0.450 e. The van der Waals surface area contributed by atoms with Gasteiger partial charge >= 0.3 is 6.09 Å². The minimum absolute atomic E-state index is 0.132. The largest absolute Gasteiger partial charge is 0.450 e. The fourth-order valence-electron chi connectivity index (χ4n) is 0.667. The zero-order valence-corrected chi connectivity index (χ0v) is 6.85. The fraction of sp³-hybridized carbons (Fsp3) is 0.857. The molecule has 1 atom stereocenters.